The standard InChI is InChI=1S/C18H19N5O7S2/c1-28-11(24)4-3-6-30-17(27)10-5-7-31-16-13(15(26)23(10)16)21-14(25)12(22-29-2)9-8-32-18(19)20-9/h3-5,8,13,16H,6-7H2,1-2H3,(H2,19,20)(H,21,25)/b4-3+,22-12-/t13?,16-/m1/s1. The molecule has 0 aliphatic carbocycles. The van der Waals surface area contributed by atoms with Crippen molar-refractivity contribution in [2.75, 3.05) is 32.3 Å². The van der Waals surface area contributed by atoms with Gasteiger partial charge in [0.2, 0.25) is 0 Å². The molecule has 1 fully saturated rings. The van der Waals surface area contributed by atoms with Crippen LogP contribution >= 0.6 is 23.1 Å². The van der Waals surface area contributed by atoms with Crippen molar-refractivity contribution in [2.45, 2.75) is 11.4 Å². The Bertz CT molecular complexity index is 1020. The number of hydrogen-bond acceptors (Lipinski definition) is 12. The van der Waals surface area contributed by atoms with Gasteiger partial charge in [0.1, 0.15) is 36.5 Å². The number of aromatic nitrogens is 1. The lowest BCUT2D eigenvalue weighted by Gasteiger charge is -2.48. The minimum Gasteiger partial charge on any atom is -0.466 e. The highest BCUT2D eigenvalue weighted by Crippen LogP contribution is 2.37. The van der Waals surface area contributed by atoms with Crippen LogP contribution in [0.25, 0.3) is 0 Å². The summed E-state index contributed by atoms with van der Waals surface area (Å²) in [5.74, 6) is -2.00. The van der Waals surface area contributed by atoms with Crippen LogP contribution in [0.1, 0.15) is 5.69 Å². The third-order valence-corrected chi connectivity index (χ3v) is 6.13. The Morgan fingerprint density at radius 1 is 1.41 bits per heavy atom. The summed E-state index contributed by atoms with van der Waals surface area (Å²) in [6.07, 6.45) is 4.01. The van der Waals surface area contributed by atoms with Gasteiger partial charge in [-0.1, -0.05) is 5.16 Å². The van der Waals surface area contributed by atoms with Crippen molar-refractivity contribution in [1.29, 1.82) is 0 Å². The summed E-state index contributed by atoms with van der Waals surface area (Å²) >= 11 is 2.50. The summed E-state index contributed by atoms with van der Waals surface area (Å²) in [7, 11) is 2.50. The van der Waals surface area contributed by atoms with Gasteiger partial charge in [-0.15, -0.1) is 23.1 Å². The number of ether oxygens (including phenoxy) is 2. The molecule has 2 amide bonds. The molecule has 1 saturated heterocycles. The smallest absolute Gasteiger partial charge is 0.355 e. The topological polar surface area (TPSA) is 163 Å². The first-order chi connectivity index (χ1) is 15.4. The maximum atomic E-state index is 12.7. The van der Waals surface area contributed by atoms with E-state index in [-0.39, 0.29) is 28.8 Å². The van der Waals surface area contributed by atoms with Crippen LogP contribution in [0.2, 0.25) is 0 Å². The van der Waals surface area contributed by atoms with E-state index in [1.54, 1.807) is 11.5 Å². The summed E-state index contributed by atoms with van der Waals surface area (Å²) in [4.78, 5) is 58.8. The molecule has 3 rings (SSSR count). The first kappa shape index (κ1) is 23.3. The first-order valence-electron chi connectivity index (χ1n) is 9.07. The van der Waals surface area contributed by atoms with E-state index in [0.717, 1.165) is 17.4 Å². The number of β-lactam (4-membered cyclic amide) rings is 1. The van der Waals surface area contributed by atoms with Crippen LogP contribution in [0, 0.1) is 0 Å². The number of thioether (sulfide) groups is 1. The highest BCUT2D eigenvalue weighted by atomic mass is 32.2. The number of thiazole rings is 1. The molecule has 170 valence electrons. The second kappa shape index (κ2) is 10.3. The van der Waals surface area contributed by atoms with Crippen LogP contribution in [-0.4, -0.2) is 77.3 Å². The molecule has 2 atom stereocenters. The molecule has 1 unspecified atom stereocenters. The molecule has 0 spiro atoms. The average Bonchev–Trinajstić information content (AvgIpc) is 3.23. The molecule has 1 aromatic rings. The first-order valence-corrected chi connectivity index (χ1v) is 11.0. The number of nitrogens with one attached hydrogen (secondary N) is 1. The Balaban J connectivity index is 1.63. The molecule has 32 heavy (non-hydrogen) atoms. The van der Waals surface area contributed by atoms with E-state index in [1.165, 1.54) is 37.0 Å². The summed E-state index contributed by atoms with van der Waals surface area (Å²) in [5, 5.41) is 7.60. The molecular weight excluding hydrogens is 462 g/mol. The molecule has 1 aromatic heterocycles. The lowest BCUT2D eigenvalue weighted by atomic mass is 10.0. The number of nitrogens with zero attached hydrogens (tertiary/aromatic N) is 3. The Hall–Kier alpha value is -3.39. The van der Waals surface area contributed by atoms with Crippen molar-refractivity contribution in [3.8, 4) is 0 Å². The highest BCUT2D eigenvalue weighted by molar-refractivity contribution is 8.00. The molecular formula is C18H19N5O7S2. The molecule has 0 bridgehead atoms. The number of rotatable bonds is 8. The fourth-order valence-corrected chi connectivity index (χ4v) is 4.58. The van der Waals surface area contributed by atoms with E-state index in [9.17, 15) is 19.2 Å². The summed E-state index contributed by atoms with van der Waals surface area (Å²) in [5.41, 5.74) is 5.78. The summed E-state index contributed by atoms with van der Waals surface area (Å²) < 4.78 is 9.52. The van der Waals surface area contributed by atoms with Gasteiger partial charge in [-0.05, 0) is 12.2 Å². The molecule has 3 heterocycles. The van der Waals surface area contributed by atoms with E-state index >= 15 is 0 Å². The highest BCUT2D eigenvalue weighted by Gasteiger charge is 2.53. The zero-order valence-electron chi connectivity index (χ0n) is 17.0. The number of esters is 2. The molecule has 2 aliphatic heterocycles. The third kappa shape index (κ3) is 4.91. The molecule has 2 aliphatic rings. The van der Waals surface area contributed by atoms with E-state index in [1.807, 2.05) is 0 Å². The SMILES string of the molecule is CO/N=C(\C(=O)NC1C(=O)N2C(C(=O)OC/C=C/C(=O)OC)=CCS[C@H]12)c1csc(N)n1. The second-order valence-corrected chi connectivity index (χ2v) is 8.23. The Kier molecular flexibility index (Phi) is 7.48. The predicted octanol–water partition coefficient (Wildman–Crippen LogP) is -0.368. The number of amides is 2. The number of fused-ring (bicyclic) bond motifs is 1. The van der Waals surface area contributed by atoms with Gasteiger partial charge in [0.25, 0.3) is 11.8 Å². The van der Waals surface area contributed by atoms with Crippen molar-refractivity contribution < 1.29 is 33.5 Å². The number of hydrogen-bond donors (Lipinski definition) is 2. The Labute approximate surface area is 190 Å². The van der Waals surface area contributed by atoms with Crippen molar-refractivity contribution in [3.05, 3.63) is 35.0 Å². The van der Waals surface area contributed by atoms with Gasteiger partial charge in [-0.25, -0.2) is 14.6 Å². The van der Waals surface area contributed by atoms with Crippen LogP contribution in [0.15, 0.2) is 34.5 Å². The summed E-state index contributed by atoms with van der Waals surface area (Å²) in [6, 6.07) is -0.874. The molecule has 3 N–H and O–H groups in total. The van der Waals surface area contributed by atoms with Crippen LogP contribution in [0.4, 0.5) is 5.13 Å². The zero-order chi connectivity index (χ0) is 23.3. The van der Waals surface area contributed by atoms with E-state index in [0.29, 0.717) is 5.75 Å². The van der Waals surface area contributed by atoms with Gasteiger partial charge in [0.15, 0.2) is 10.8 Å². The van der Waals surface area contributed by atoms with Gasteiger partial charge >= 0.3 is 11.9 Å². The number of carbonyl (C=O) groups excluding carboxylic acids is 4. The van der Waals surface area contributed by atoms with E-state index in [2.05, 4.69) is 20.2 Å². The van der Waals surface area contributed by atoms with Gasteiger partial charge in [-0.2, -0.15) is 0 Å². The van der Waals surface area contributed by atoms with E-state index in [4.69, 9.17) is 15.3 Å². The average molecular weight is 482 g/mol. The van der Waals surface area contributed by atoms with Crippen LogP contribution < -0.4 is 11.1 Å². The van der Waals surface area contributed by atoms with Crippen LogP contribution in [0.3, 0.4) is 0 Å². The molecule has 0 radical (unpaired) electrons. The van der Waals surface area contributed by atoms with Crippen molar-refractivity contribution in [3.63, 3.8) is 0 Å². The normalized spacial score (nSPS) is 20.2. The second-order valence-electron chi connectivity index (χ2n) is 6.19. The zero-order valence-corrected chi connectivity index (χ0v) is 18.6. The lowest BCUT2D eigenvalue weighted by Crippen LogP contribution is -2.70. The third-order valence-electron chi connectivity index (χ3n) is 4.27. The van der Waals surface area contributed by atoms with Gasteiger partial charge < -0.3 is 25.4 Å². The monoisotopic (exact) mass is 481 g/mol. The maximum Gasteiger partial charge on any atom is 0.355 e. The number of nitrogens with two attached hydrogens (primary N) is 1. The number of oxime groups is 1. The minimum atomic E-state index is -0.874. The quantitative estimate of drug-likeness (QED) is 0.165. The van der Waals surface area contributed by atoms with Crippen LogP contribution in [-0.2, 0) is 33.5 Å². The largest absolute Gasteiger partial charge is 0.466 e. The maximum absolute atomic E-state index is 12.7. The molecule has 0 aromatic carbocycles. The van der Waals surface area contributed by atoms with Crippen molar-refractivity contribution in [2.24, 2.45) is 5.16 Å². The van der Waals surface area contributed by atoms with Gasteiger partial charge in [0, 0.05) is 17.2 Å². The lowest BCUT2D eigenvalue weighted by molar-refractivity contribution is -0.151. The number of methoxy groups -OCH3 is 1. The molecule has 0 saturated carbocycles. The Morgan fingerprint density at radius 2 is 2.19 bits per heavy atom. The minimum absolute atomic E-state index is 0.0776. The number of anilines is 1. The van der Waals surface area contributed by atoms with Crippen LogP contribution in [0.5, 0.6) is 0 Å². The van der Waals surface area contributed by atoms with Gasteiger partial charge in [-0.3, -0.25) is 14.5 Å². The molecule has 12 nitrogen and oxygen atoms in total. The summed E-state index contributed by atoms with van der Waals surface area (Å²) in [6.45, 7) is -0.168. The van der Waals surface area contributed by atoms with E-state index < -0.39 is 35.2 Å². The van der Waals surface area contributed by atoms with Crippen molar-refractivity contribution in [1.82, 2.24) is 15.2 Å². The van der Waals surface area contributed by atoms with Crippen molar-refractivity contribution >= 4 is 57.7 Å². The number of carbonyl (C=O) groups is 4. The fourth-order valence-electron chi connectivity index (χ4n) is 2.84. The fraction of sp³-hybridized carbons (Fsp3) is 0.333. The van der Waals surface area contributed by atoms with Gasteiger partial charge in [0.05, 0.1) is 7.11 Å². The molecule has 14 heteroatoms. The predicted molar refractivity (Wildman–Crippen MR) is 115 cm³/mol. The number of nitrogen functional groups attached to an aromatic ring is 1. The Morgan fingerprint density at radius 3 is 2.84 bits per heavy atom.